The van der Waals surface area contributed by atoms with E-state index in [-0.39, 0.29) is 0 Å². The van der Waals surface area contributed by atoms with Crippen LogP contribution in [0.15, 0.2) is 66.7 Å². The van der Waals surface area contributed by atoms with Gasteiger partial charge in [-0.25, -0.2) is 0 Å². The molecule has 0 amide bonds. The molecule has 0 heterocycles. The fourth-order valence-corrected chi connectivity index (χ4v) is 2.98. The van der Waals surface area contributed by atoms with E-state index in [0.29, 0.717) is 6.04 Å². The van der Waals surface area contributed by atoms with E-state index in [1.165, 1.54) is 26.9 Å². The second-order valence-electron chi connectivity index (χ2n) is 5.55. The van der Waals surface area contributed by atoms with Crippen LogP contribution in [0.4, 0.5) is 5.69 Å². The summed E-state index contributed by atoms with van der Waals surface area (Å²) < 4.78 is 0. The number of hydrogen-bond acceptors (Lipinski definition) is 1. The molecule has 3 aromatic carbocycles. The first-order valence-corrected chi connectivity index (χ1v) is 7.41. The van der Waals surface area contributed by atoms with Crippen molar-refractivity contribution < 1.29 is 0 Å². The Kier molecular flexibility index (Phi) is 2.97. The first kappa shape index (κ1) is 12.2. The molecule has 0 saturated heterocycles. The molecule has 1 aliphatic carbocycles. The normalized spacial score (nSPS) is 16.7. The maximum atomic E-state index is 3.63. The van der Waals surface area contributed by atoms with Crippen LogP contribution in [0.1, 0.15) is 6.42 Å². The molecule has 0 spiro atoms. The Labute approximate surface area is 124 Å². The molecule has 1 heteroatoms. The van der Waals surface area contributed by atoms with Crippen LogP contribution in [-0.4, -0.2) is 6.04 Å². The van der Waals surface area contributed by atoms with Crippen molar-refractivity contribution in [3.8, 4) is 0 Å². The molecule has 4 rings (SSSR count). The second kappa shape index (κ2) is 5.10. The Hall–Kier alpha value is -2.54. The largest absolute Gasteiger partial charge is 0.378 e. The van der Waals surface area contributed by atoms with Crippen LogP contribution in [-0.2, 0) is 0 Å². The van der Waals surface area contributed by atoms with Crippen molar-refractivity contribution in [3.63, 3.8) is 0 Å². The highest BCUT2D eigenvalue weighted by atomic mass is 14.9. The third-order valence-corrected chi connectivity index (χ3v) is 4.07. The number of fused-ring (bicyclic) bond motifs is 2. The predicted octanol–water partition coefficient (Wildman–Crippen LogP) is 3.29. The Bertz CT molecular complexity index is 908. The second-order valence-corrected chi connectivity index (χ2v) is 5.55. The standard InChI is InChI=1S/C20H17N/c1-3-7-17-13-19(11-9-15(17)5-1)21-20-12-10-16-6-2-4-8-18(16)14-20/h1-11,13-14,20-21H,12H2. The van der Waals surface area contributed by atoms with E-state index in [9.17, 15) is 0 Å². The zero-order chi connectivity index (χ0) is 14.1. The van der Waals surface area contributed by atoms with E-state index < -0.39 is 0 Å². The van der Waals surface area contributed by atoms with Gasteiger partial charge in [-0.05, 0) is 39.8 Å². The van der Waals surface area contributed by atoms with Gasteiger partial charge in [0.1, 0.15) is 0 Å². The molecule has 1 N–H and O–H groups in total. The average molecular weight is 271 g/mol. The Morgan fingerprint density at radius 2 is 1.52 bits per heavy atom. The highest BCUT2D eigenvalue weighted by Crippen LogP contribution is 2.20. The summed E-state index contributed by atoms with van der Waals surface area (Å²) >= 11 is 0. The lowest BCUT2D eigenvalue weighted by Gasteiger charge is -2.17. The quantitative estimate of drug-likeness (QED) is 0.754. The number of hydrogen-bond donors (Lipinski definition) is 1. The van der Waals surface area contributed by atoms with Gasteiger partial charge < -0.3 is 5.32 Å². The van der Waals surface area contributed by atoms with E-state index in [0.717, 1.165) is 6.42 Å². The summed E-state index contributed by atoms with van der Waals surface area (Å²) in [6.45, 7) is 0. The van der Waals surface area contributed by atoms with Gasteiger partial charge in [-0.1, -0.05) is 66.7 Å². The molecule has 0 aromatic heterocycles. The van der Waals surface area contributed by atoms with Crippen molar-refractivity contribution in [1.29, 1.82) is 0 Å². The van der Waals surface area contributed by atoms with Crippen molar-refractivity contribution in [1.82, 2.24) is 0 Å². The summed E-state index contributed by atoms with van der Waals surface area (Å²) in [5.74, 6) is 0. The van der Waals surface area contributed by atoms with Crippen LogP contribution >= 0.6 is 0 Å². The number of benzene rings is 3. The smallest absolute Gasteiger partial charge is 0.0488 e. The van der Waals surface area contributed by atoms with Crippen molar-refractivity contribution in [3.05, 3.63) is 77.2 Å². The topological polar surface area (TPSA) is 12.0 Å². The minimum absolute atomic E-state index is 0.362. The van der Waals surface area contributed by atoms with Gasteiger partial charge >= 0.3 is 0 Å². The predicted molar refractivity (Wildman–Crippen MR) is 90.6 cm³/mol. The van der Waals surface area contributed by atoms with E-state index in [1.807, 2.05) is 0 Å². The summed E-state index contributed by atoms with van der Waals surface area (Å²) in [4.78, 5) is 0. The van der Waals surface area contributed by atoms with Gasteiger partial charge in [0.05, 0.1) is 0 Å². The van der Waals surface area contributed by atoms with Gasteiger partial charge in [-0.3, -0.25) is 0 Å². The highest BCUT2D eigenvalue weighted by molar-refractivity contribution is 5.85. The molecule has 0 saturated carbocycles. The molecule has 0 radical (unpaired) electrons. The third-order valence-electron chi connectivity index (χ3n) is 4.07. The van der Waals surface area contributed by atoms with Gasteiger partial charge in [0.2, 0.25) is 0 Å². The van der Waals surface area contributed by atoms with Gasteiger partial charge in [0.15, 0.2) is 0 Å². The Balaban J connectivity index is 1.65. The van der Waals surface area contributed by atoms with Crippen LogP contribution in [0.3, 0.4) is 0 Å². The first-order valence-electron chi connectivity index (χ1n) is 7.41. The van der Waals surface area contributed by atoms with Crippen molar-refractivity contribution in [2.24, 2.45) is 0 Å². The molecule has 0 fully saturated rings. The minimum Gasteiger partial charge on any atom is -0.378 e. The van der Waals surface area contributed by atoms with E-state index >= 15 is 0 Å². The SMILES string of the molecule is C1=c2ccccc2=CC(Nc2ccc3ccccc3c2)C1. The lowest BCUT2D eigenvalue weighted by Crippen LogP contribution is -2.32. The van der Waals surface area contributed by atoms with E-state index in [1.54, 1.807) is 0 Å². The van der Waals surface area contributed by atoms with Crippen LogP contribution in [0.5, 0.6) is 0 Å². The molecule has 1 atom stereocenters. The molecule has 102 valence electrons. The van der Waals surface area contributed by atoms with Crippen LogP contribution in [0.2, 0.25) is 0 Å². The zero-order valence-corrected chi connectivity index (χ0v) is 11.8. The van der Waals surface area contributed by atoms with E-state index in [4.69, 9.17) is 0 Å². The van der Waals surface area contributed by atoms with E-state index in [2.05, 4.69) is 84.2 Å². The Morgan fingerprint density at radius 3 is 2.43 bits per heavy atom. The van der Waals surface area contributed by atoms with Gasteiger partial charge in [0.25, 0.3) is 0 Å². The summed E-state index contributed by atoms with van der Waals surface area (Å²) in [6, 6.07) is 24.0. The molecule has 3 aromatic rings. The first-order chi connectivity index (χ1) is 10.4. The van der Waals surface area contributed by atoms with Crippen molar-refractivity contribution in [2.45, 2.75) is 12.5 Å². The Morgan fingerprint density at radius 1 is 0.762 bits per heavy atom. The highest BCUT2D eigenvalue weighted by Gasteiger charge is 2.07. The summed E-state index contributed by atoms with van der Waals surface area (Å²) in [6.07, 6.45) is 5.67. The van der Waals surface area contributed by atoms with Crippen LogP contribution in [0, 0.1) is 0 Å². The molecule has 1 unspecified atom stereocenters. The lowest BCUT2D eigenvalue weighted by molar-refractivity contribution is 0.949. The molecule has 21 heavy (non-hydrogen) atoms. The summed E-state index contributed by atoms with van der Waals surface area (Å²) in [7, 11) is 0. The fourth-order valence-electron chi connectivity index (χ4n) is 2.98. The maximum Gasteiger partial charge on any atom is 0.0488 e. The van der Waals surface area contributed by atoms with Crippen LogP contribution in [0.25, 0.3) is 22.9 Å². The molecule has 1 nitrogen and oxygen atoms in total. The van der Waals surface area contributed by atoms with Crippen molar-refractivity contribution >= 4 is 28.6 Å². The maximum absolute atomic E-state index is 3.63. The number of anilines is 1. The van der Waals surface area contributed by atoms with Crippen molar-refractivity contribution in [2.75, 3.05) is 5.32 Å². The minimum atomic E-state index is 0.362. The lowest BCUT2D eigenvalue weighted by atomic mass is 10.0. The van der Waals surface area contributed by atoms with Gasteiger partial charge in [0, 0.05) is 11.7 Å². The van der Waals surface area contributed by atoms with Crippen LogP contribution < -0.4 is 15.8 Å². The number of nitrogens with one attached hydrogen (secondary N) is 1. The zero-order valence-electron chi connectivity index (χ0n) is 11.8. The molecular weight excluding hydrogens is 254 g/mol. The summed E-state index contributed by atoms with van der Waals surface area (Å²) in [5.41, 5.74) is 1.18. The molecular formula is C20H17N. The summed E-state index contributed by atoms with van der Waals surface area (Å²) in [5, 5.41) is 8.86. The monoisotopic (exact) mass is 271 g/mol. The molecule has 0 aliphatic heterocycles. The molecule has 1 aliphatic rings. The fraction of sp³-hybridized carbons (Fsp3) is 0.100. The third kappa shape index (κ3) is 2.43. The van der Waals surface area contributed by atoms with Gasteiger partial charge in [-0.2, -0.15) is 0 Å². The molecule has 0 bridgehead atoms. The average Bonchev–Trinajstić information content (AvgIpc) is 2.55. The van der Waals surface area contributed by atoms with Gasteiger partial charge in [-0.15, -0.1) is 0 Å². The number of rotatable bonds is 2.